The van der Waals surface area contributed by atoms with E-state index in [2.05, 4.69) is 19.2 Å². The van der Waals surface area contributed by atoms with Crippen molar-refractivity contribution < 1.29 is 4.79 Å². The van der Waals surface area contributed by atoms with Gasteiger partial charge in [0.25, 0.3) is 0 Å². The average molecular weight is 264 g/mol. The summed E-state index contributed by atoms with van der Waals surface area (Å²) in [6, 6.07) is 0.160. The van der Waals surface area contributed by atoms with Gasteiger partial charge in [0.15, 0.2) is 0 Å². The summed E-state index contributed by atoms with van der Waals surface area (Å²) >= 11 is 0. The zero-order chi connectivity index (χ0) is 13.7. The van der Waals surface area contributed by atoms with Gasteiger partial charge in [-0.3, -0.25) is 4.79 Å². The first-order valence-electron chi connectivity index (χ1n) is 8.00. The predicted octanol–water partition coefficient (Wildman–Crippen LogP) is 2.45. The van der Waals surface area contributed by atoms with Crippen molar-refractivity contribution in [3.05, 3.63) is 0 Å². The number of carbonyl (C=O) groups excluding carboxylic acids is 1. The van der Waals surface area contributed by atoms with E-state index < -0.39 is 0 Å². The lowest BCUT2D eigenvalue weighted by atomic mass is 9.44. The van der Waals surface area contributed by atoms with Crippen molar-refractivity contribution in [2.75, 3.05) is 6.54 Å². The molecule has 0 aromatic rings. The molecule has 0 radical (unpaired) electrons. The van der Waals surface area contributed by atoms with Crippen LogP contribution in [0.5, 0.6) is 0 Å². The van der Waals surface area contributed by atoms with Crippen LogP contribution in [0, 0.1) is 22.7 Å². The van der Waals surface area contributed by atoms with Crippen molar-refractivity contribution in [1.29, 1.82) is 0 Å². The van der Waals surface area contributed by atoms with E-state index in [1.54, 1.807) is 0 Å². The fraction of sp³-hybridized carbons (Fsp3) is 0.938. The molecule has 0 aliphatic heterocycles. The maximum Gasteiger partial charge on any atom is 0.226 e. The van der Waals surface area contributed by atoms with E-state index >= 15 is 0 Å². The summed E-state index contributed by atoms with van der Waals surface area (Å²) in [4.78, 5) is 12.8. The lowest BCUT2D eigenvalue weighted by Crippen LogP contribution is -2.58. The monoisotopic (exact) mass is 264 g/mol. The Morgan fingerprint density at radius 2 is 1.95 bits per heavy atom. The summed E-state index contributed by atoms with van der Waals surface area (Å²) in [5, 5.41) is 3.23. The molecular formula is C16H28N2O. The maximum absolute atomic E-state index is 12.8. The lowest BCUT2D eigenvalue weighted by molar-refractivity contribution is -0.156. The van der Waals surface area contributed by atoms with Crippen LogP contribution in [-0.2, 0) is 4.79 Å². The fourth-order valence-electron chi connectivity index (χ4n) is 5.65. The van der Waals surface area contributed by atoms with E-state index in [1.165, 1.54) is 19.3 Å². The van der Waals surface area contributed by atoms with Gasteiger partial charge in [-0.05, 0) is 62.2 Å². The first kappa shape index (κ1) is 13.4. The number of carbonyl (C=O) groups is 1. The second kappa shape index (κ2) is 4.47. The third-order valence-electron chi connectivity index (χ3n) is 5.95. The number of hydrogen-bond acceptors (Lipinski definition) is 2. The first-order valence-corrected chi connectivity index (χ1v) is 8.00. The quantitative estimate of drug-likeness (QED) is 0.819. The molecule has 108 valence electrons. The van der Waals surface area contributed by atoms with Crippen LogP contribution in [0.4, 0.5) is 0 Å². The second-order valence-electron chi connectivity index (χ2n) is 7.87. The van der Waals surface area contributed by atoms with Crippen LogP contribution in [0.2, 0.25) is 0 Å². The van der Waals surface area contributed by atoms with Gasteiger partial charge in [0.05, 0.1) is 5.41 Å². The molecule has 0 aromatic heterocycles. The summed E-state index contributed by atoms with van der Waals surface area (Å²) in [5.74, 6) is 1.91. The summed E-state index contributed by atoms with van der Waals surface area (Å²) in [7, 11) is 0. The molecule has 3 atom stereocenters. The third kappa shape index (κ3) is 2.20. The molecule has 3 nitrogen and oxygen atoms in total. The smallest absolute Gasteiger partial charge is 0.226 e. The molecule has 0 heterocycles. The number of amides is 1. The fourth-order valence-corrected chi connectivity index (χ4v) is 5.65. The maximum atomic E-state index is 12.8. The van der Waals surface area contributed by atoms with Gasteiger partial charge < -0.3 is 11.1 Å². The molecule has 3 unspecified atom stereocenters. The first-order chi connectivity index (χ1) is 8.98. The topological polar surface area (TPSA) is 55.1 Å². The molecule has 0 spiro atoms. The number of rotatable bonds is 4. The van der Waals surface area contributed by atoms with Crippen LogP contribution in [0.25, 0.3) is 0 Å². The van der Waals surface area contributed by atoms with Gasteiger partial charge in [-0.1, -0.05) is 13.8 Å². The Hall–Kier alpha value is -0.570. The minimum Gasteiger partial charge on any atom is -0.352 e. The van der Waals surface area contributed by atoms with Crippen LogP contribution >= 0.6 is 0 Å². The highest BCUT2D eigenvalue weighted by Gasteiger charge is 2.58. The SMILES string of the molecule is CCC(CN)NC(=O)C12CC3CC(CC(C)(C3)C1)C2. The second-order valence-corrected chi connectivity index (χ2v) is 7.87. The number of nitrogens with one attached hydrogen (secondary N) is 1. The molecule has 0 saturated heterocycles. The Morgan fingerprint density at radius 3 is 2.42 bits per heavy atom. The summed E-state index contributed by atoms with van der Waals surface area (Å²) < 4.78 is 0. The minimum absolute atomic E-state index is 0.0541. The van der Waals surface area contributed by atoms with E-state index in [0.717, 1.165) is 37.5 Å². The molecule has 4 saturated carbocycles. The number of nitrogens with two attached hydrogens (primary N) is 1. The molecule has 3 N–H and O–H groups in total. The Balaban J connectivity index is 1.78. The summed E-state index contributed by atoms with van der Waals surface area (Å²) in [5.41, 5.74) is 6.12. The molecule has 4 fully saturated rings. The Morgan fingerprint density at radius 1 is 1.32 bits per heavy atom. The van der Waals surface area contributed by atoms with Gasteiger partial charge in [-0.15, -0.1) is 0 Å². The van der Waals surface area contributed by atoms with Gasteiger partial charge in [-0.25, -0.2) is 0 Å². The normalized spacial score (nSPS) is 45.2. The van der Waals surface area contributed by atoms with Crippen LogP contribution in [-0.4, -0.2) is 18.5 Å². The van der Waals surface area contributed by atoms with Crippen LogP contribution in [0.15, 0.2) is 0 Å². The molecule has 3 heteroatoms. The molecule has 4 aliphatic rings. The Labute approximate surface area is 116 Å². The van der Waals surface area contributed by atoms with Crippen molar-refractivity contribution in [1.82, 2.24) is 5.32 Å². The van der Waals surface area contributed by atoms with Crippen molar-refractivity contribution in [3.8, 4) is 0 Å². The van der Waals surface area contributed by atoms with E-state index in [4.69, 9.17) is 5.73 Å². The highest BCUT2D eigenvalue weighted by atomic mass is 16.2. The zero-order valence-corrected chi connectivity index (χ0v) is 12.4. The van der Waals surface area contributed by atoms with Gasteiger partial charge in [0.2, 0.25) is 5.91 Å². The van der Waals surface area contributed by atoms with Crippen LogP contribution in [0.3, 0.4) is 0 Å². The van der Waals surface area contributed by atoms with Crippen molar-refractivity contribution in [2.24, 2.45) is 28.4 Å². The minimum atomic E-state index is -0.0541. The molecule has 0 aromatic carbocycles. The molecule has 1 amide bonds. The lowest BCUT2D eigenvalue weighted by Gasteiger charge is -2.60. The summed E-state index contributed by atoms with van der Waals surface area (Å²) in [6.45, 7) is 5.06. The highest BCUT2D eigenvalue weighted by molar-refractivity contribution is 5.83. The van der Waals surface area contributed by atoms with Crippen LogP contribution < -0.4 is 11.1 Å². The molecule has 4 rings (SSSR count). The van der Waals surface area contributed by atoms with Gasteiger partial charge in [0.1, 0.15) is 0 Å². The molecule has 4 bridgehead atoms. The Kier molecular flexibility index (Phi) is 3.16. The van der Waals surface area contributed by atoms with E-state index in [-0.39, 0.29) is 11.5 Å². The predicted molar refractivity (Wildman–Crippen MR) is 76.5 cm³/mol. The Bertz CT molecular complexity index is 361. The van der Waals surface area contributed by atoms with Crippen molar-refractivity contribution in [2.45, 2.75) is 64.8 Å². The largest absolute Gasteiger partial charge is 0.352 e. The molecular weight excluding hydrogens is 236 g/mol. The molecule has 19 heavy (non-hydrogen) atoms. The summed E-state index contributed by atoms with van der Waals surface area (Å²) in [6.07, 6.45) is 8.39. The number of hydrogen-bond donors (Lipinski definition) is 2. The van der Waals surface area contributed by atoms with Crippen molar-refractivity contribution in [3.63, 3.8) is 0 Å². The molecule has 4 aliphatic carbocycles. The van der Waals surface area contributed by atoms with Crippen LogP contribution in [0.1, 0.15) is 58.8 Å². The van der Waals surface area contributed by atoms with E-state index in [9.17, 15) is 4.79 Å². The van der Waals surface area contributed by atoms with Gasteiger partial charge in [0, 0.05) is 12.6 Å². The third-order valence-corrected chi connectivity index (χ3v) is 5.95. The standard InChI is InChI=1S/C16H28N2O/c1-3-13(9-17)18-14(19)16-7-11-4-12(8-16)6-15(2,5-11)10-16/h11-13H,3-10,17H2,1-2H3,(H,18,19). The van der Waals surface area contributed by atoms with Gasteiger partial charge in [-0.2, -0.15) is 0 Å². The van der Waals surface area contributed by atoms with Gasteiger partial charge >= 0.3 is 0 Å². The van der Waals surface area contributed by atoms with E-state index in [1.807, 2.05) is 0 Å². The van der Waals surface area contributed by atoms with E-state index in [0.29, 0.717) is 17.9 Å². The average Bonchev–Trinajstić information content (AvgIpc) is 2.32. The zero-order valence-electron chi connectivity index (χ0n) is 12.4. The highest BCUT2D eigenvalue weighted by Crippen LogP contribution is 2.65. The van der Waals surface area contributed by atoms with Crippen molar-refractivity contribution >= 4 is 5.91 Å².